The van der Waals surface area contributed by atoms with Gasteiger partial charge >= 0.3 is 6.09 Å². The molecule has 0 aromatic carbocycles. The fourth-order valence-electron chi connectivity index (χ4n) is 1.77. The minimum absolute atomic E-state index is 0.0635. The lowest BCUT2D eigenvalue weighted by atomic mass is 10.2. The Labute approximate surface area is 129 Å². The van der Waals surface area contributed by atoms with Crippen LogP contribution in [-0.4, -0.2) is 59.5 Å². The number of carbonyl (C=O) groups is 1. The van der Waals surface area contributed by atoms with E-state index in [4.69, 9.17) is 14.2 Å². The molecule has 1 saturated heterocycles. The van der Waals surface area contributed by atoms with Crippen LogP contribution < -0.4 is 0 Å². The molecule has 5 nitrogen and oxygen atoms in total. The summed E-state index contributed by atoms with van der Waals surface area (Å²) < 4.78 is 16.6. The molecule has 0 N–H and O–H groups in total. The minimum atomic E-state index is -0.453. The Bertz CT molecular complexity index is 293. The molecule has 19 heavy (non-hydrogen) atoms. The summed E-state index contributed by atoms with van der Waals surface area (Å²) in [6.45, 7) is 10.7. The number of alkyl halides is 1. The largest absolute Gasteiger partial charge is 0.444 e. The highest BCUT2D eigenvalue weighted by atomic mass is 127. The van der Waals surface area contributed by atoms with Gasteiger partial charge in [-0.2, -0.15) is 0 Å². The van der Waals surface area contributed by atoms with Gasteiger partial charge in [0.05, 0.1) is 29.8 Å². The second kappa shape index (κ2) is 7.64. The average molecular weight is 385 g/mol. The molecule has 1 aliphatic rings. The number of likely N-dealkylation sites (tertiary alicyclic amines) is 1. The topological polar surface area (TPSA) is 48.0 Å². The standard InChI is InChI=1S/C13H24INO4/c1-5-17-6-7-18-11-9-15(8-10(11)14)12(16)19-13(2,3)4/h10-11H,5-9H2,1-4H3. The summed E-state index contributed by atoms with van der Waals surface area (Å²) in [5.74, 6) is 0. The Kier molecular flexibility index (Phi) is 6.82. The third kappa shape index (κ3) is 6.27. The second-order valence-corrected chi connectivity index (χ2v) is 7.11. The molecule has 1 heterocycles. The van der Waals surface area contributed by atoms with Crippen molar-refractivity contribution in [2.24, 2.45) is 0 Å². The van der Waals surface area contributed by atoms with Gasteiger partial charge in [-0.25, -0.2) is 4.79 Å². The van der Waals surface area contributed by atoms with Crippen LogP contribution in [0.2, 0.25) is 0 Å². The normalized spacial score (nSPS) is 23.7. The third-order valence-corrected chi connectivity index (χ3v) is 3.81. The van der Waals surface area contributed by atoms with Crippen LogP contribution in [0.1, 0.15) is 27.7 Å². The molecule has 0 radical (unpaired) electrons. The molecule has 0 aromatic rings. The Morgan fingerprint density at radius 1 is 1.32 bits per heavy atom. The summed E-state index contributed by atoms with van der Waals surface area (Å²) in [5, 5.41) is 0. The van der Waals surface area contributed by atoms with Crippen LogP contribution in [0, 0.1) is 0 Å². The van der Waals surface area contributed by atoms with E-state index in [0.29, 0.717) is 36.8 Å². The number of hydrogen-bond acceptors (Lipinski definition) is 4. The number of hydrogen-bond donors (Lipinski definition) is 0. The highest BCUT2D eigenvalue weighted by Gasteiger charge is 2.36. The molecule has 0 aromatic heterocycles. The van der Waals surface area contributed by atoms with Gasteiger partial charge in [0.1, 0.15) is 5.60 Å². The van der Waals surface area contributed by atoms with E-state index in [2.05, 4.69) is 22.6 Å². The van der Waals surface area contributed by atoms with Crippen molar-refractivity contribution in [1.82, 2.24) is 4.90 Å². The summed E-state index contributed by atoms with van der Waals surface area (Å²) >= 11 is 2.33. The number of amides is 1. The maximum absolute atomic E-state index is 11.9. The van der Waals surface area contributed by atoms with Gasteiger partial charge in [-0.3, -0.25) is 0 Å². The van der Waals surface area contributed by atoms with Crippen LogP contribution in [-0.2, 0) is 14.2 Å². The molecule has 1 fully saturated rings. The first-order chi connectivity index (χ1) is 8.83. The summed E-state index contributed by atoms with van der Waals surface area (Å²) in [7, 11) is 0. The van der Waals surface area contributed by atoms with Crippen molar-refractivity contribution in [3.8, 4) is 0 Å². The van der Waals surface area contributed by atoms with Crippen molar-refractivity contribution in [3.05, 3.63) is 0 Å². The molecule has 0 saturated carbocycles. The van der Waals surface area contributed by atoms with Gasteiger partial charge in [0.2, 0.25) is 0 Å². The Morgan fingerprint density at radius 2 is 2.00 bits per heavy atom. The van der Waals surface area contributed by atoms with Crippen molar-refractivity contribution in [3.63, 3.8) is 0 Å². The first-order valence-electron chi connectivity index (χ1n) is 6.65. The van der Waals surface area contributed by atoms with E-state index in [9.17, 15) is 4.79 Å². The van der Waals surface area contributed by atoms with Crippen LogP contribution in [0.4, 0.5) is 4.79 Å². The van der Waals surface area contributed by atoms with Crippen molar-refractivity contribution < 1.29 is 19.0 Å². The zero-order chi connectivity index (χ0) is 14.5. The highest BCUT2D eigenvalue weighted by Crippen LogP contribution is 2.23. The van der Waals surface area contributed by atoms with E-state index in [1.165, 1.54) is 0 Å². The molecular weight excluding hydrogens is 361 g/mol. The second-order valence-electron chi connectivity index (χ2n) is 5.51. The number of halogens is 1. The van der Waals surface area contributed by atoms with Crippen LogP contribution >= 0.6 is 22.6 Å². The molecule has 2 unspecified atom stereocenters. The molecular formula is C13H24INO4. The molecule has 1 aliphatic heterocycles. The first kappa shape index (κ1) is 17.0. The summed E-state index contributed by atoms with van der Waals surface area (Å²) in [6, 6.07) is 0. The molecule has 2 atom stereocenters. The van der Waals surface area contributed by atoms with Crippen molar-refractivity contribution in [2.45, 2.75) is 43.3 Å². The lowest BCUT2D eigenvalue weighted by molar-refractivity contribution is 0.00644. The number of rotatable bonds is 5. The summed E-state index contributed by atoms with van der Waals surface area (Å²) in [5.41, 5.74) is -0.453. The molecule has 0 bridgehead atoms. The third-order valence-electron chi connectivity index (χ3n) is 2.61. The van der Waals surface area contributed by atoms with E-state index in [-0.39, 0.29) is 12.2 Å². The maximum Gasteiger partial charge on any atom is 0.410 e. The van der Waals surface area contributed by atoms with Gasteiger partial charge in [0.25, 0.3) is 0 Å². The average Bonchev–Trinajstić information content (AvgIpc) is 2.64. The SMILES string of the molecule is CCOCCOC1CN(C(=O)OC(C)(C)C)CC1I. The molecule has 1 rings (SSSR count). The molecule has 112 valence electrons. The lowest BCUT2D eigenvalue weighted by Crippen LogP contribution is -2.36. The fourth-order valence-corrected chi connectivity index (χ4v) is 2.68. The first-order valence-corrected chi connectivity index (χ1v) is 7.89. The van der Waals surface area contributed by atoms with Crippen molar-refractivity contribution >= 4 is 28.7 Å². The van der Waals surface area contributed by atoms with E-state index >= 15 is 0 Å². The van der Waals surface area contributed by atoms with E-state index in [1.54, 1.807) is 4.90 Å². The lowest BCUT2D eigenvalue weighted by Gasteiger charge is -2.24. The van der Waals surface area contributed by atoms with E-state index in [0.717, 1.165) is 0 Å². The number of ether oxygens (including phenoxy) is 3. The van der Waals surface area contributed by atoms with Crippen LogP contribution in [0.25, 0.3) is 0 Å². The van der Waals surface area contributed by atoms with Crippen LogP contribution in [0.5, 0.6) is 0 Å². The van der Waals surface area contributed by atoms with Gasteiger partial charge in [-0.05, 0) is 27.7 Å². The molecule has 0 aliphatic carbocycles. The Balaban J connectivity index is 2.35. The van der Waals surface area contributed by atoms with Crippen LogP contribution in [0.3, 0.4) is 0 Å². The molecule has 6 heteroatoms. The van der Waals surface area contributed by atoms with Gasteiger partial charge in [0, 0.05) is 13.2 Å². The van der Waals surface area contributed by atoms with Gasteiger partial charge in [-0.1, -0.05) is 22.6 Å². The van der Waals surface area contributed by atoms with Crippen molar-refractivity contribution in [1.29, 1.82) is 0 Å². The minimum Gasteiger partial charge on any atom is -0.444 e. The van der Waals surface area contributed by atoms with Gasteiger partial charge in [-0.15, -0.1) is 0 Å². The smallest absolute Gasteiger partial charge is 0.410 e. The van der Waals surface area contributed by atoms with Crippen LogP contribution in [0.15, 0.2) is 0 Å². The highest BCUT2D eigenvalue weighted by molar-refractivity contribution is 14.1. The monoisotopic (exact) mass is 385 g/mol. The predicted octanol–water partition coefficient (Wildman–Crippen LogP) is 2.46. The summed E-state index contributed by atoms with van der Waals surface area (Å²) in [4.78, 5) is 13.7. The Hall–Kier alpha value is -0.0800. The van der Waals surface area contributed by atoms with E-state index in [1.807, 2.05) is 27.7 Å². The van der Waals surface area contributed by atoms with Gasteiger partial charge < -0.3 is 19.1 Å². The number of carbonyl (C=O) groups excluding carboxylic acids is 1. The molecule has 0 spiro atoms. The predicted molar refractivity (Wildman–Crippen MR) is 81.8 cm³/mol. The Morgan fingerprint density at radius 3 is 2.58 bits per heavy atom. The zero-order valence-corrected chi connectivity index (χ0v) is 14.3. The van der Waals surface area contributed by atoms with Crippen molar-refractivity contribution in [2.75, 3.05) is 32.9 Å². The fraction of sp³-hybridized carbons (Fsp3) is 0.923. The molecule has 1 amide bonds. The van der Waals surface area contributed by atoms with E-state index < -0.39 is 5.60 Å². The summed E-state index contributed by atoms with van der Waals surface area (Å²) in [6.07, 6.45) is -0.196. The number of nitrogens with zero attached hydrogens (tertiary/aromatic N) is 1. The maximum atomic E-state index is 11.9. The van der Waals surface area contributed by atoms with Gasteiger partial charge in [0.15, 0.2) is 0 Å². The zero-order valence-electron chi connectivity index (χ0n) is 12.1. The quantitative estimate of drug-likeness (QED) is 0.415.